The molecule has 3 aromatic heterocycles. The van der Waals surface area contributed by atoms with Crippen molar-refractivity contribution in [2.75, 3.05) is 31.1 Å². The highest BCUT2D eigenvalue weighted by Gasteiger charge is 2.30. The molecular weight excluding hydrogens is 378 g/mol. The summed E-state index contributed by atoms with van der Waals surface area (Å²) in [6.07, 6.45) is 4.04. The second-order valence-corrected chi connectivity index (χ2v) is 7.86. The van der Waals surface area contributed by atoms with Crippen molar-refractivity contribution in [3.05, 3.63) is 34.8 Å². The molecule has 2 fully saturated rings. The van der Waals surface area contributed by atoms with Gasteiger partial charge in [0.05, 0.1) is 5.69 Å². The first kappa shape index (κ1) is 17.2. The predicted molar refractivity (Wildman–Crippen MR) is 102 cm³/mol. The minimum Gasteiger partial charge on any atom is -0.353 e. The molecule has 5 rings (SSSR count). The number of amides is 1. The van der Waals surface area contributed by atoms with E-state index in [9.17, 15) is 4.79 Å². The number of aromatic nitrogens is 5. The van der Waals surface area contributed by atoms with E-state index in [1.54, 1.807) is 6.20 Å². The maximum absolute atomic E-state index is 12.6. The van der Waals surface area contributed by atoms with Gasteiger partial charge in [-0.05, 0) is 43.4 Å². The summed E-state index contributed by atoms with van der Waals surface area (Å²) in [5, 5.41) is 7.98. The highest BCUT2D eigenvalue weighted by molar-refractivity contribution is 7.07. The van der Waals surface area contributed by atoms with Crippen molar-refractivity contribution in [3.63, 3.8) is 0 Å². The van der Waals surface area contributed by atoms with E-state index >= 15 is 0 Å². The van der Waals surface area contributed by atoms with Crippen molar-refractivity contribution in [2.24, 2.45) is 0 Å². The molecule has 3 aromatic rings. The summed E-state index contributed by atoms with van der Waals surface area (Å²) in [6, 6.07) is 3.94. The molecule has 0 N–H and O–H groups in total. The van der Waals surface area contributed by atoms with E-state index < -0.39 is 0 Å². The van der Waals surface area contributed by atoms with Crippen molar-refractivity contribution in [1.29, 1.82) is 0 Å². The van der Waals surface area contributed by atoms with E-state index in [-0.39, 0.29) is 5.91 Å². The molecule has 0 atom stereocenters. The van der Waals surface area contributed by atoms with E-state index in [1.165, 1.54) is 0 Å². The largest absolute Gasteiger partial charge is 0.353 e. The van der Waals surface area contributed by atoms with Crippen LogP contribution in [0, 0.1) is 6.92 Å². The number of piperazine rings is 1. The SMILES string of the molecule is Cc1nnsc1C(=O)N1CCN(c2ccc(-c3noc(C4CC4)n3)cn2)CC1. The molecule has 1 aliphatic heterocycles. The van der Waals surface area contributed by atoms with Crippen LogP contribution in [0.3, 0.4) is 0 Å². The summed E-state index contributed by atoms with van der Waals surface area (Å²) in [5.41, 5.74) is 1.54. The Bertz CT molecular complexity index is 988. The van der Waals surface area contributed by atoms with Gasteiger partial charge in [-0.25, -0.2) is 4.98 Å². The van der Waals surface area contributed by atoms with Gasteiger partial charge in [-0.3, -0.25) is 4.79 Å². The van der Waals surface area contributed by atoms with Crippen molar-refractivity contribution in [1.82, 2.24) is 29.6 Å². The summed E-state index contributed by atoms with van der Waals surface area (Å²) >= 11 is 1.16. The number of aryl methyl sites for hydroxylation is 1. The molecule has 2 aliphatic rings. The van der Waals surface area contributed by atoms with Gasteiger partial charge in [-0.1, -0.05) is 9.64 Å². The van der Waals surface area contributed by atoms with E-state index in [4.69, 9.17) is 4.52 Å². The summed E-state index contributed by atoms with van der Waals surface area (Å²) in [4.78, 5) is 26.3. The van der Waals surface area contributed by atoms with Crippen molar-refractivity contribution >= 4 is 23.3 Å². The zero-order chi connectivity index (χ0) is 19.1. The monoisotopic (exact) mass is 397 g/mol. The quantitative estimate of drug-likeness (QED) is 0.660. The fourth-order valence-corrected chi connectivity index (χ4v) is 3.89. The average molecular weight is 397 g/mol. The fraction of sp³-hybridized carbons (Fsp3) is 0.444. The van der Waals surface area contributed by atoms with Crippen LogP contribution in [-0.2, 0) is 0 Å². The van der Waals surface area contributed by atoms with Gasteiger partial charge in [0.15, 0.2) is 0 Å². The third-order valence-electron chi connectivity index (χ3n) is 5.11. The number of hydrogen-bond acceptors (Lipinski definition) is 9. The number of carbonyl (C=O) groups is 1. The van der Waals surface area contributed by atoms with Gasteiger partial charge in [0.25, 0.3) is 5.91 Å². The Morgan fingerprint density at radius 2 is 2.04 bits per heavy atom. The van der Waals surface area contributed by atoms with Crippen LogP contribution in [0.5, 0.6) is 0 Å². The highest BCUT2D eigenvalue weighted by atomic mass is 32.1. The van der Waals surface area contributed by atoms with Crippen molar-refractivity contribution < 1.29 is 9.32 Å². The zero-order valence-electron chi connectivity index (χ0n) is 15.4. The van der Waals surface area contributed by atoms with Gasteiger partial charge in [-0.15, -0.1) is 5.10 Å². The molecule has 1 amide bonds. The number of pyridine rings is 1. The van der Waals surface area contributed by atoms with Gasteiger partial charge in [0.1, 0.15) is 10.7 Å². The molecule has 1 saturated heterocycles. The van der Waals surface area contributed by atoms with E-state index in [1.807, 2.05) is 24.0 Å². The molecule has 0 unspecified atom stereocenters. The summed E-state index contributed by atoms with van der Waals surface area (Å²) in [6.45, 7) is 4.58. The Morgan fingerprint density at radius 1 is 1.21 bits per heavy atom. The number of rotatable bonds is 4. The topological polar surface area (TPSA) is 101 Å². The van der Waals surface area contributed by atoms with Crippen molar-refractivity contribution in [3.8, 4) is 11.4 Å². The van der Waals surface area contributed by atoms with Crippen LogP contribution >= 0.6 is 11.5 Å². The van der Waals surface area contributed by atoms with Crippen LogP contribution in [0.4, 0.5) is 5.82 Å². The second-order valence-electron chi connectivity index (χ2n) is 7.10. The standard InChI is InChI=1S/C18H19N7O2S/c1-11-15(28-23-21-11)18(26)25-8-6-24(7-9-25)14-5-4-13(10-19-14)16-20-17(27-22-16)12-2-3-12/h4-5,10,12H,2-3,6-9H2,1H3. The smallest absolute Gasteiger partial charge is 0.267 e. The average Bonchev–Trinajstić information content (AvgIpc) is 3.31. The van der Waals surface area contributed by atoms with Crippen LogP contribution < -0.4 is 4.90 Å². The Labute approximate surface area is 165 Å². The van der Waals surface area contributed by atoms with Crippen LogP contribution in [0.1, 0.15) is 40.0 Å². The molecule has 10 heteroatoms. The highest BCUT2D eigenvalue weighted by Crippen LogP contribution is 2.39. The normalized spacial score (nSPS) is 17.2. The minimum atomic E-state index is 0.0130. The second kappa shape index (κ2) is 6.93. The lowest BCUT2D eigenvalue weighted by atomic mass is 10.2. The number of carbonyl (C=O) groups excluding carboxylic acids is 1. The van der Waals surface area contributed by atoms with Crippen LogP contribution in [-0.4, -0.2) is 61.7 Å². The molecule has 1 saturated carbocycles. The zero-order valence-corrected chi connectivity index (χ0v) is 16.2. The predicted octanol–water partition coefficient (Wildman–Crippen LogP) is 2.13. The first-order valence-electron chi connectivity index (χ1n) is 9.32. The molecule has 4 heterocycles. The summed E-state index contributed by atoms with van der Waals surface area (Å²) < 4.78 is 9.17. The molecular formula is C18H19N7O2S. The van der Waals surface area contributed by atoms with E-state index in [2.05, 4.69) is 29.6 Å². The lowest BCUT2D eigenvalue weighted by Crippen LogP contribution is -2.49. The molecule has 0 spiro atoms. The fourth-order valence-electron chi connectivity index (χ4n) is 3.26. The molecule has 0 aromatic carbocycles. The Balaban J connectivity index is 1.22. The molecule has 0 bridgehead atoms. The maximum atomic E-state index is 12.6. The number of anilines is 1. The molecule has 0 radical (unpaired) electrons. The number of hydrogen-bond donors (Lipinski definition) is 0. The Kier molecular flexibility index (Phi) is 4.27. The van der Waals surface area contributed by atoms with Crippen LogP contribution in [0.25, 0.3) is 11.4 Å². The van der Waals surface area contributed by atoms with Gasteiger partial charge in [-0.2, -0.15) is 4.98 Å². The third-order valence-corrected chi connectivity index (χ3v) is 5.93. The van der Waals surface area contributed by atoms with Gasteiger partial charge in [0.2, 0.25) is 11.7 Å². The summed E-state index contributed by atoms with van der Waals surface area (Å²) in [7, 11) is 0. The van der Waals surface area contributed by atoms with Crippen molar-refractivity contribution in [2.45, 2.75) is 25.7 Å². The molecule has 9 nitrogen and oxygen atoms in total. The Morgan fingerprint density at radius 3 is 2.68 bits per heavy atom. The maximum Gasteiger partial charge on any atom is 0.267 e. The lowest BCUT2D eigenvalue weighted by Gasteiger charge is -2.35. The van der Waals surface area contributed by atoms with Gasteiger partial charge in [0, 0.05) is 43.9 Å². The van der Waals surface area contributed by atoms with Gasteiger partial charge >= 0.3 is 0 Å². The lowest BCUT2D eigenvalue weighted by molar-refractivity contribution is 0.0750. The molecule has 28 heavy (non-hydrogen) atoms. The molecule has 144 valence electrons. The van der Waals surface area contributed by atoms with E-state index in [0.29, 0.717) is 35.4 Å². The van der Waals surface area contributed by atoms with Gasteiger partial charge < -0.3 is 14.3 Å². The third kappa shape index (κ3) is 3.24. The molecule has 1 aliphatic carbocycles. The van der Waals surface area contributed by atoms with E-state index in [0.717, 1.165) is 54.7 Å². The first-order chi connectivity index (χ1) is 13.7. The van der Waals surface area contributed by atoms with Crippen LogP contribution in [0.15, 0.2) is 22.9 Å². The number of nitrogens with zero attached hydrogens (tertiary/aromatic N) is 7. The first-order valence-corrected chi connectivity index (χ1v) is 10.1. The van der Waals surface area contributed by atoms with Crippen LogP contribution in [0.2, 0.25) is 0 Å². The minimum absolute atomic E-state index is 0.0130. The Hall–Kier alpha value is -2.88. The summed E-state index contributed by atoms with van der Waals surface area (Å²) in [5.74, 6) is 2.66.